The quantitative estimate of drug-likeness (QED) is 0.778. The largest absolute Gasteiger partial charge is 0.445 e. The Hall–Kier alpha value is -1.83. The topological polar surface area (TPSA) is 26.0 Å². The van der Waals surface area contributed by atoms with Crippen molar-refractivity contribution in [2.75, 3.05) is 0 Å². The summed E-state index contributed by atoms with van der Waals surface area (Å²) in [6.45, 7) is 6.06. The molecule has 0 N–H and O–H groups in total. The summed E-state index contributed by atoms with van der Waals surface area (Å²) in [5.41, 5.74) is 2.14. The van der Waals surface area contributed by atoms with Gasteiger partial charge in [0.15, 0.2) is 0 Å². The third-order valence-electron chi connectivity index (χ3n) is 2.15. The molecule has 2 nitrogen and oxygen atoms in total. The second-order valence-electron chi connectivity index (χ2n) is 3.27. The van der Waals surface area contributed by atoms with Gasteiger partial charge in [-0.25, -0.2) is 4.98 Å². The Bertz CT molecular complexity index is 443. The molecule has 2 rings (SSSR count). The van der Waals surface area contributed by atoms with Crippen LogP contribution in [0.15, 0.2) is 41.0 Å². The summed E-state index contributed by atoms with van der Waals surface area (Å²) in [6.07, 6.45) is 6.48. The van der Waals surface area contributed by atoms with E-state index in [1.807, 2.05) is 56.3 Å². The number of nitrogens with zero attached hydrogens (tertiary/aromatic N) is 1. The van der Waals surface area contributed by atoms with Crippen molar-refractivity contribution in [2.24, 2.45) is 0 Å². The number of aromatic nitrogens is 1. The zero-order valence-electron chi connectivity index (χ0n) is 10.7. The summed E-state index contributed by atoms with van der Waals surface area (Å²) >= 11 is 0. The maximum atomic E-state index is 5.28. The van der Waals surface area contributed by atoms with Crippen LogP contribution in [0.5, 0.6) is 0 Å². The monoisotopic (exact) mass is 229 g/mol. The second kappa shape index (κ2) is 7.44. The highest BCUT2D eigenvalue weighted by Gasteiger charge is 1.96. The van der Waals surface area contributed by atoms with Crippen molar-refractivity contribution in [1.29, 1.82) is 0 Å². The molecule has 17 heavy (non-hydrogen) atoms. The number of rotatable bonds is 3. The van der Waals surface area contributed by atoms with E-state index in [4.69, 9.17) is 4.42 Å². The van der Waals surface area contributed by atoms with E-state index in [-0.39, 0.29) is 0 Å². The van der Waals surface area contributed by atoms with Crippen LogP contribution in [-0.2, 0) is 6.42 Å². The molecule has 0 atom stereocenters. The van der Waals surface area contributed by atoms with E-state index in [0.29, 0.717) is 5.89 Å². The molecule has 0 aliphatic rings. The van der Waals surface area contributed by atoms with Crippen molar-refractivity contribution in [3.8, 4) is 0 Å². The maximum Gasteiger partial charge on any atom is 0.218 e. The van der Waals surface area contributed by atoms with Gasteiger partial charge in [0.1, 0.15) is 6.26 Å². The van der Waals surface area contributed by atoms with E-state index >= 15 is 0 Å². The fourth-order valence-corrected chi connectivity index (χ4v) is 1.29. The molecule has 2 aromatic rings. The van der Waals surface area contributed by atoms with Crippen LogP contribution in [0.1, 0.15) is 37.9 Å². The summed E-state index contributed by atoms with van der Waals surface area (Å²) in [5.74, 6) is 0.663. The highest BCUT2D eigenvalue weighted by Crippen LogP contribution is 2.08. The molecule has 0 amide bonds. The minimum atomic E-state index is 0.663. The van der Waals surface area contributed by atoms with Gasteiger partial charge in [0.05, 0.1) is 5.69 Å². The minimum absolute atomic E-state index is 0.663. The average Bonchev–Trinajstić information content (AvgIpc) is 2.88. The summed E-state index contributed by atoms with van der Waals surface area (Å²) in [7, 11) is 0. The smallest absolute Gasteiger partial charge is 0.218 e. The van der Waals surface area contributed by atoms with Crippen LogP contribution in [0.4, 0.5) is 0 Å². The first-order valence-corrected chi connectivity index (χ1v) is 6.06. The molecule has 0 spiro atoms. The van der Waals surface area contributed by atoms with Crippen LogP contribution in [0.3, 0.4) is 0 Å². The molecule has 1 aromatic carbocycles. The van der Waals surface area contributed by atoms with Gasteiger partial charge in [0.25, 0.3) is 0 Å². The molecule has 1 aromatic heterocycles. The predicted molar refractivity (Wildman–Crippen MR) is 72.6 cm³/mol. The van der Waals surface area contributed by atoms with Crippen molar-refractivity contribution in [3.05, 3.63) is 53.7 Å². The van der Waals surface area contributed by atoms with Gasteiger partial charge in [0, 0.05) is 6.08 Å². The van der Waals surface area contributed by atoms with Crippen molar-refractivity contribution < 1.29 is 4.42 Å². The van der Waals surface area contributed by atoms with Gasteiger partial charge in [-0.3, -0.25) is 0 Å². The first-order chi connectivity index (χ1) is 8.38. The average molecular weight is 229 g/mol. The summed E-state index contributed by atoms with van der Waals surface area (Å²) < 4.78 is 5.28. The van der Waals surface area contributed by atoms with Crippen molar-refractivity contribution in [2.45, 2.75) is 27.2 Å². The van der Waals surface area contributed by atoms with Gasteiger partial charge in [-0.1, -0.05) is 51.1 Å². The van der Waals surface area contributed by atoms with Crippen LogP contribution >= 0.6 is 0 Å². The predicted octanol–water partition coefficient (Wildman–Crippen LogP) is 4.43. The van der Waals surface area contributed by atoms with Gasteiger partial charge >= 0.3 is 0 Å². The molecule has 0 aliphatic heterocycles. The maximum absolute atomic E-state index is 5.28. The molecular formula is C15H19NO. The lowest BCUT2D eigenvalue weighted by molar-refractivity contribution is 0.545. The molecule has 2 heteroatoms. The van der Waals surface area contributed by atoms with Crippen LogP contribution in [0.25, 0.3) is 12.2 Å². The molecule has 0 unspecified atom stereocenters. The van der Waals surface area contributed by atoms with Gasteiger partial charge < -0.3 is 4.42 Å². The van der Waals surface area contributed by atoms with E-state index in [1.54, 1.807) is 6.26 Å². The molecule has 0 aliphatic carbocycles. The normalized spacial score (nSPS) is 10.1. The standard InChI is InChI=1S/C13H13NO.C2H6/c1-2-12-10-15-13(14-12)9-8-11-6-4-3-5-7-11;1-2/h3-10H,2H2,1H3;1-2H3. The summed E-state index contributed by atoms with van der Waals surface area (Å²) in [5, 5.41) is 0. The molecule has 1 heterocycles. The molecule has 0 saturated carbocycles. The Morgan fingerprint density at radius 2 is 1.82 bits per heavy atom. The SMILES string of the molecule is CC.CCc1coc(C=Cc2ccccc2)n1. The van der Waals surface area contributed by atoms with Crippen LogP contribution in [0, 0.1) is 0 Å². The van der Waals surface area contributed by atoms with Crippen LogP contribution in [0.2, 0.25) is 0 Å². The highest BCUT2D eigenvalue weighted by atomic mass is 16.3. The van der Waals surface area contributed by atoms with Crippen LogP contribution < -0.4 is 0 Å². The van der Waals surface area contributed by atoms with Crippen molar-refractivity contribution in [3.63, 3.8) is 0 Å². The van der Waals surface area contributed by atoms with Gasteiger partial charge in [-0.05, 0) is 18.1 Å². The lowest BCUT2D eigenvalue weighted by atomic mass is 10.2. The fourth-order valence-electron chi connectivity index (χ4n) is 1.29. The fraction of sp³-hybridized carbons (Fsp3) is 0.267. The first kappa shape index (κ1) is 13.2. The molecule has 0 fully saturated rings. The number of hydrogen-bond acceptors (Lipinski definition) is 2. The number of benzene rings is 1. The van der Waals surface area contributed by atoms with E-state index in [9.17, 15) is 0 Å². The lowest BCUT2D eigenvalue weighted by Gasteiger charge is -1.89. The second-order valence-corrected chi connectivity index (χ2v) is 3.27. The Morgan fingerprint density at radius 3 is 2.41 bits per heavy atom. The lowest BCUT2D eigenvalue weighted by Crippen LogP contribution is -1.78. The van der Waals surface area contributed by atoms with E-state index in [1.165, 1.54) is 0 Å². The third-order valence-corrected chi connectivity index (χ3v) is 2.15. The Balaban J connectivity index is 0.000000686. The Morgan fingerprint density at radius 1 is 1.12 bits per heavy atom. The molecule has 0 radical (unpaired) electrons. The van der Waals surface area contributed by atoms with Crippen LogP contribution in [-0.4, -0.2) is 4.98 Å². The number of aryl methyl sites for hydroxylation is 1. The molecular weight excluding hydrogens is 210 g/mol. The van der Waals surface area contributed by atoms with E-state index < -0.39 is 0 Å². The number of oxazole rings is 1. The van der Waals surface area contributed by atoms with Crippen molar-refractivity contribution in [1.82, 2.24) is 4.98 Å². The number of hydrogen-bond donors (Lipinski definition) is 0. The summed E-state index contributed by atoms with van der Waals surface area (Å²) in [6, 6.07) is 10.1. The molecule has 0 bridgehead atoms. The Kier molecular flexibility index (Phi) is 5.80. The van der Waals surface area contributed by atoms with Gasteiger partial charge in [0.2, 0.25) is 5.89 Å². The summed E-state index contributed by atoms with van der Waals surface area (Å²) in [4.78, 5) is 4.29. The molecule has 0 saturated heterocycles. The van der Waals surface area contributed by atoms with E-state index in [2.05, 4.69) is 11.9 Å². The molecule has 90 valence electrons. The third kappa shape index (κ3) is 4.27. The van der Waals surface area contributed by atoms with Gasteiger partial charge in [-0.15, -0.1) is 0 Å². The highest BCUT2D eigenvalue weighted by molar-refractivity contribution is 5.65. The first-order valence-electron chi connectivity index (χ1n) is 6.06. The Labute approximate surface area is 103 Å². The minimum Gasteiger partial charge on any atom is -0.445 e. The zero-order valence-corrected chi connectivity index (χ0v) is 10.7. The zero-order chi connectivity index (χ0) is 12.5. The van der Waals surface area contributed by atoms with Crippen molar-refractivity contribution >= 4 is 12.2 Å². The van der Waals surface area contributed by atoms with Gasteiger partial charge in [-0.2, -0.15) is 0 Å². The van der Waals surface area contributed by atoms with E-state index in [0.717, 1.165) is 17.7 Å².